The van der Waals surface area contributed by atoms with Gasteiger partial charge in [0.2, 0.25) is 0 Å². The number of nitrogen functional groups attached to an aromatic ring is 1. The lowest BCUT2D eigenvalue weighted by Gasteiger charge is -2.06. The van der Waals surface area contributed by atoms with E-state index >= 15 is 0 Å². The molecule has 90 valence electrons. The Morgan fingerprint density at radius 2 is 2.18 bits per heavy atom. The summed E-state index contributed by atoms with van der Waals surface area (Å²) in [4.78, 5) is 5.70. The highest BCUT2D eigenvalue weighted by Gasteiger charge is 2.01. The standard InChI is InChI=1S/C13H17N3S/c1-3-12-7-16-13(17-12)8-15-11-5-9(2)4-10(14)6-11/h4-7,15H,3,8,14H2,1-2H3. The van der Waals surface area contributed by atoms with Crippen LogP contribution in [-0.4, -0.2) is 4.98 Å². The number of thiazole rings is 1. The van der Waals surface area contributed by atoms with Crippen molar-refractivity contribution < 1.29 is 0 Å². The fraction of sp³-hybridized carbons (Fsp3) is 0.308. The van der Waals surface area contributed by atoms with E-state index in [4.69, 9.17) is 5.73 Å². The van der Waals surface area contributed by atoms with Crippen molar-refractivity contribution in [3.8, 4) is 0 Å². The summed E-state index contributed by atoms with van der Waals surface area (Å²) < 4.78 is 0. The molecule has 0 bridgehead atoms. The second-order valence-corrected chi connectivity index (χ2v) is 5.26. The first-order valence-corrected chi connectivity index (χ1v) is 6.53. The monoisotopic (exact) mass is 247 g/mol. The van der Waals surface area contributed by atoms with Crippen LogP contribution in [0.2, 0.25) is 0 Å². The van der Waals surface area contributed by atoms with E-state index < -0.39 is 0 Å². The van der Waals surface area contributed by atoms with Gasteiger partial charge in [-0.1, -0.05) is 6.92 Å². The molecule has 1 aromatic heterocycles. The van der Waals surface area contributed by atoms with Crippen LogP contribution < -0.4 is 11.1 Å². The maximum absolute atomic E-state index is 5.80. The van der Waals surface area contributed by atoms with Crippen molar-refractivity contribution in [1.29, 1.82) is 0 Å². The lowest BCUT2D eigenvalue weighted by Crippen LogP contribution is -1.99. The van der Waals surface area contributed by atoms with E-state index in [-0.39, 0.29) is 0 Å². The van der Waals surface area contributed by atoms with E-state index in [0.29, 0.717) is 0 Å². The summed E-state index contributed by atoms with van der Waals surface area (Å²) in [6, 6.07) is 6.00. The molecule has 0 fully saturated rings. The molecule has 0 radical (unpaired) electrons. The second kappa shape index (κ2) is 5.19. The van der Waals surface area contributed by atoms with Crippen LogP contribution in [0.5, 0.6) is 0 Å². The van der Waals surface area contributed by atoms with Crippen molar-refractivity contribution in [3.63, 3.8) is 0 Å². The third-order valence-electron chi connectivity index (χ3n) is 2.49. The smallest absolute Gasteiger partial charge is 0.112 e. The largest absolute Gasteiger partial charge is 0.399 e. The van der Waals surface area contributed by atoms with Gasteiger partial charge in [-0.05, 0) is 37.1 Å². The predicted octanol–water partition coefficient (Wildman–Crippen LogP) is 3.21. The van der Waals surface area contributed by atoms with Gasteiger partial charge in [0.1, 0.15) is 5.01 Å². The fourth-order valence-corrected chi connectivity index (χ4v) is 2.49. The number of rotatable bonds is 4. The summed E-state index contributed by atoms with van der Waals surface area (Å²) in [5, 5.41) is 4.46. The van der Waals surface area contributed by atoms with Crippen molar-refractivity contribution >= 4 is 22.7 Å². The first kappa shape index (κ1) is 11.9. The van der Waals surface area contributed by atoms with Gasteiger partial charge in [0, 0.05) is 22.4 Å². The molecule has 2 aromatic rings. The minimum Gasteiger partial charge on any atom is -0.399 e. The zero-order valence-electron chi connectivity index (χ0n) is 10.2. The van der Waals surface area contributed by atoms with E-state index in [9.17, 15) is 0 Å². The molecule has 0 spiro atoms. The van der Waals surface area contributed by atoms with Gasteiger partial charge in [0.05, 0.1) is 6.54 Å². The van der Waals surface area contributed by atoms with Gasteiger partial charge in [-0.2, -0.15) is 0 Å². The summed E-state index contributed by atoms with van der Waals surface area (Å²) in [5.41, 5.74) is 8.81. The predicted molar refractivity (Wildman–Crippen MR) is 74.4 cm³/mol. The third kappa shape index (κ3) is 3.20. The maximum atomic E-state index is 5.80. The molecule has 3 N–H and O–H groups in total. The summed E-state index contributed by atoms with van der Waals surface area (Å²) >= 11 is 1.76. The van der Waals surface area contributed by atoms with Gasteiger partial charge in [0.15, 0.2) is 0 Å². The molecule has 0 atom stereocenters. The van der Waals surface area contributed by atoms with Gasteiger partial charge in [-0.15, -0.1) is 11.3 Å². The van der Waals surface area contributed by atoms with Crippen molar-refractivity contribution in [2.45, 2.75) is 26.8 Å². The number of hydrogen-bond acceptors (Lipinski definition) is 4. The molecule has 0 aliphatic heterocycles. The molecular formula is C13H17N3S. The highest BCUT2D eigenvalue weighted by Crippen LogP contribution is 2.18. The normalized spacial score (nSPS) is 10.5. The number of nitrogens with two attached hydrogens (primary N) is 1. The van der Waals surface area contributed by atoms with E-state index in [2.05, 4.69) is 23.3 Å². The Kier molecular flexibility index (Phi) is 3.64. The van der Waals surface area contributed by atoms with Crippen molar-refractivity contribution in [2.24, 2.45) is 0 Å². The molecule has 0 aliphatic rings. The lowest BCUT2D eigenvalue weighted by molar-refractivity contribution is 1.09. The molecular weight excluding hydrogens is 230 g/mol. The second-order valence-electron chi connectivity index (χ2n) is 4.06. The van der Waals surface area contributed by atoms with Crippen molar-refractivity contribution in [1.82, 2.24) is 4.98 Å². The van der Waals surface area contributed by atoms with Crippen LogP contribution in [0.4, 0.5) is 11.4 Å². The zero-order valence-corrected chi connectivity index (χ0v) is 11.0. The maximum Gasteiger partial charge on any atom is 0.112 e. The average Bonchev–Trinajstić information content (AvgIpc) is 2.73. The van der Waals surface area contributed by atoms with Crippen LogP contribution in [-0.2, 0) is 13.0 Å². The molecule has 0 aliphatic carbocycles. The van der Waals surface area contributed by atoms with Crippen molar-refractivity contribution in [3.05, 3.63) is 39.8 Å². The number of anilines is 2. The Morgan fingerprint density at radius 3 is 2.82 bits per heavy atom. The van der Waals surface area contributed by atoms with Gasteiger partial charge >= 0.3 is 0 Å². The molecule has 0 unspecified atom stereocenters. The van der Waals surface area contributed by atoms with E-state index in [0.717, 1.165) is 29.3 Å². The number of nitrogens with one attached hydrogen (secondary N) is 1. The fourth-order valence-electron chi connectivity index (χ4n) is 1.69. The van der Waals surface area contributed by atoms with Gasteiger partial charge < -0.3 is 11.1 Å². The van der Waals surface area contributed by atoms with Crippen LogP contribution >= 0.6 is 11.3 Å². The molecule has 0 saturated carbocycles. The summed E-state index contributed by atoms with van der Waals surface area (Å²) in [7, 11) is 0. The number of aryl methyl sites for hydroxylation is 2. The van der Waals surface area contributed by atoms with Crippen LogP contribution in [0.3, 0.4) is 0 Å². The number of hydrogen-bond donors (Lipinski definition) is 2. The van der Waals surface area contributed by atoms with E-state index in [1.165, 1.54) is 10.4 Å². The summed E-state index contributed by atoms with van der Waals surface area (Å²) in [6.45, 7) is 4.94. The van der Waals surface area contributed by atoms with Gasteiger partial charge in [-0.25, -0.2) is 4.98 Å². The molecule has 2 rings (SSSR count). The van der Waals surface area contributed by atoms with Gasteiger partial charge in [-0.3, -0.25) is 0 Å². The minimum absolute atomic E-state index is 0.758. The quantitative estimate of drug-likeness (QED) is 0.816. The molecule has 0 amide bonds. The Bertz CT molecular complexity index is 485. The van der Waals surface area contributed by atoms with Crippen LogP contribution in [0.25, 0.3) is 0 Å². The van der Waals surface area contributed by atoms with Crippen LogP contribution in [0.15, 0.2) is 24.4 Å². The topological polar surface area (TPSA) is 50.9 Å². The first-order chi connectivity index (χ1) is 8.17. The van der Waals surface area contributed by atoms with Crippen LogP contribution in [0, 0.1) is 6.92 Å². The zero-order chi connectivity index (χ0) is 12.3. The molecule has 3 nitrogen and oxygen atoms in total. The lowest BCUT2D eigenvalue weighted by atomic mass is 10.2. The highest BCUT2D eigenvalue weighted by atomic mass is 32.1. The van der Waals surface area contributed by atoms with Crippen LogP contribution in [0.1, 0.15) is 22.4 Å². The number of nitrogens with zero attached hydrogens (tertiary/aromatic N) is 1. The highest BCUT2D eigenvalue weighted by molar-refractivity contribution is 7.11. The molecule has 0 saturated heterocycles. The summed E-state index contributed by atoms with van der Waals surface area (Å²) in [5.74, 6) is 0. The summed E-state index contributed by atoms with van der Waals surface area (Å²) in [6.07, 6.45) is 3.00. The SMILES string of the molecule is CCc1cnc(CNc2cc(C)cc(N)c2)s1. The third-order valence-corrected chi connectivity index (χ3v) is 3.63. The Balaban J connectivity index is 2.01. The Morgan fingerprint density at radius 1 is 1.35 bits per heavy atom. The minimum atomic E-state index is 0.758. The molecule has 4 heteroatoms. The number of aromatic nitrogens is 1. The van der Waals surface area contributed by atoms with E-state index in [1.807, 2.05) is 25.3 Å². The Labute approximate surface area is 106 Å². The Hall–Kier alpha value is -1.55. The number of benzene rings is 1. The molecule has 1 aromatic carbocycles. The van der Waals surface area contributed by atoms with Crippen molar-refractivity contribution in [2.75, 3.05) is 11.1 Å². The van der Waals surface area contributed by atoms with Gasteiger partial charge in [0.25, 0.3) is 0 Å². The molecule has 17 heavy (non-hydrogen) atoms. The average molecular weight is 247 g/mol. The first-order valence-electron chi connectivity index (χ1n) is 5.72. The molecule has 1 heterocycles. The van der Waals surface area contributed by atoms with E-state index in [1.54, 1.807) is 11.3 Å².